The first kappa shape index (κ1) is 14.2. The first-order valence-electron chi connectivity index (χ1n) is 6.09. The summed E-state index contributed by atoms with van der Waals surface area (Å²) in [4.78, 5) is 23.2. The van der Waals surface area contributed by atoms with Gasteiger partial charge in [0.15, 0.2) is 0 Å². The maximum Gasteiger partial charge on any atom is 0.312 e. The Labute approximate surface area is 107 Å². The molecule has 4 nitrogen and oxygen atoms in total. The maximum atomic E-state index is 11.4. The van der Waals surface area contributed by atoms with E-state index in [2.05, 4.69) is 12.1 Å². The van der Waals surface area contributed by atoms with Crippen molar-refractivity contribution in [2.75, 3.05) is 13.6 Å². The van der Waals surface area contributed by atoms with Crippen LogP contribution in [-0.2, 0) is 16.0 Å². The highest BCUT2D eigenvalue weighted by Gasteiger charge is 2.11. The minimum Gasteiger partial charge on any atom is -0.481 e. The molecule has 0 heterocycles. The average Bonchev–Trinajstić information content (AvgIpc) is 2.34. The number of carbonyl (C=O) groups is 2. The number of aryl methyl sites for hydroxylation is 1. The summed E-state index contributed by atoms with van der Waals surface area (Å²) in [5.41, 5.74) is 1.29. The van der Waals surface area contributed by atoms with Crippen molar-refractivity contribution in [3.05, 3.63) is 35.9 Å². The summed E-state index contributed by atoms with van der Waals surface area (Å²) in [6.45, 7) is 0.610. The van der Waals surface area contributed by atoms with Crippen molar-refractivity contribution in [2.45, 2.75) is 25.7 Å². The van der Waals surface area contributed by atoms with Gasteiger partial charge >= 0.3 is 5.97 Å². The van der Waals surface area contributed by atoms with Crippen molar-refractivity contribution in [1.29, 1.82) is 0 Å². The Morgan fingerprint density at radius 2 is 1.83 bits per heavy atom. The highest BCUT2D eigenvalue weighted by atomic mass is 16.4. The number of unbranched alkanes of at least 4 members (excludes halogenated alkanes) is 1. The Balaban J connectivity index is 2.18. The Kier molecular flexibility index (Phi) is 5.91. The highest BCUT2D eigenvalue weighted by molar-refractivity contribution is 5.93. The number of carboxylic acid groups (broad SMARTS) is 1. The Bertz CT molecular complexity index is 389. The highest BCUT2D eigenvalue weighted by Crippen LogP contribution is 2.05. The third kappa shape index (κ3) is 5.48. The molecule has 0 saturated carbocycles. The predicted molar refractivity (Wildman–Crippen MR) is 69.3 cm³/mol. The molecule has 1 N–H and O–H groups in total. The molecule has 0 spiro atoms. The second-order valence-corrected chi connectivity index (χ2v) is 4.33. The number of nitrogens with zero attached hydrogens (tertiary/aromatic N) is 1. The monoisotopic (exact) mass is 249 g/mol. The Hall–Kier alpha value is -1.84. The zero-order chi connectivity index (χ0) is 13.4. The zero-order valence-corrected chi connectivity index (χ0v) is 10.6. The van der Waals surface area contributed by atoms with Crippen LogP contribution in [0.4, 0.5) is 0 Å². The van der Waals surface area contributed by atoms with E-state index in [4.69, 9.17) is 5.11 Å². The van der Waals surface area contributed by atoms with Crippen LogP contribution in [-0.4, -0.2) is 35.5 Å². The second-order valence-electron chi connectivity index (χ2n) is 4.33. The van der Waals surface area contributed by atoms with Gasteiger partial charge in [0, 0.05) is 13.6 Å². The molecule has 0 radical (unpaired) electrons. The van der Waals surface area contributed by atoms with E-state index in [-0.39, 0.29) is 5.91 Å². The van der Waals surface area contributed by atoms with Gasteiger partial charge in [-0.15, -0.1) is 0 Å². The second kappa shape index (κ2) is 7.48. The fourth-order valence-corrected chi connectivity index (χ4v) is 1.71. The van der Waals surface area contributed by atoms with Crippen LogP contribution in [0, 0.1) is 0 Å². The summed E-state index contributed by atoms with van der Waals surface area (Å²) < 4.78 is 0. The third-order valence-electron chi connectivity index (χ3n) is 2.78. The molecule has 0 aliphatic heterocycles. The van der Waals surface area contributed by atoms with Crippen LogP contribution < -0.4 is 0 Å². The number of carbonyl (C=O) groups excluding carboxylic acids is 1. The molecule has 98 valence electrons. The largest absolute Gasteiger partial charge is 0.481 e. The fraction of sp³-hybridized carbons (Fsp3) is 0.429. The molecule has 1 aromatic rings. The van der Waals surface area contributed by atoms with Crippen molar-refractivity contribution in [1.82, 2.24) is 4.90 Å². The summed E-state index contributed by atoms with van der Waals surface area (Å²) in [5.74, 6) is -1.40. The van der Waals surface area contributed by atoms with Gasteiger partial charge in [0.05, 0.1) is 0 Å². The van der Waals surface area contributed by atoms with Gasteiger partial charge in [-0.3, -0.25) is 9.59 Å². The van der Waals surface area contributed by atoms with Crippen molar-refractivity contribution < 1.29 is 14.7 Å². The smallest absolute Gasteiger partial charge is 0.312 e. The number of rotatable bonds is 7. The van der Waals surface area contributed by atoms with Gasteiger partial charge in [-0.1, -0.05) is 30.3 Å². The summed E-state index contributed by atoms with van der Waals surface area (Å²) in [6.07, 6.45) is 2.45. The van der Waals surface area contributed by atoms with E-state index in [1.54, 1.807) is 7.05 Å². The van der Waals surface area contributed by atoms with E-state index in [1.165, 1.54) is 10.5 Å². The molecule has 4 heteroatoms. The van der Waals surface area contributed by atoms with Gasteiger partial charge in [0.1, 0.15) is 6.42 Å². The van der Waals surface area contributed by atoms with E-state index in [0.717, 1.165) is 19.3 Å². The quantitative estimate of drug-likeness (QED) is 0.593. The van der Waals surface area contributed by atoms with Crippen molar-refractivity contribution in [2.24, 2.45) is 0 Å². The van der Waals surface area contributed by atoms with Gasteiger partial charge in [-0.2, -0.15) is 0 Å². The number of hydrogen-bond donors (Lipinski definition) is 1. The van der Waals surface area contributed by atoms with Crippen molar-refractivity contribution in [3.8, 4) is 0 Å². The first-order valence-corrected chi connectivity index (χ1v) is 6.09. The van der Waals surface area contributed by atoms with Gasteiger partial charge in [0.2, 0.25) is 5.91 Å². The molecule has 0 saturated heterocycles. The minimum absolute atomic E-state index is 0.331. The van der Waals surface area contributed by atoms with Crippen molar-refractivity contribution in [3.63, 3.8) is 0 Å². The Morgan fingerprint density at radius 1 is 1.17 bits per heavy atom. The standard InChI is InChI=1S/C14H19NO3/c1-15(13(16)11-14(17)18)10-6-5-9-12-7-3-2-4-8-12/h2-4,7-8H,5-6,9-11H2,1H3,(H,17,18). The topological polar surface area (TPSA) is 57.6 Å². The molecule has 1 aromatic carbocycles. The van der Waals surface area contributed by atoms with Gasteiger partial charge in [0.25, 0.3) is 0 Å². The molecule has 0 fully saturated rings. The lowest BCUT2D eigenvalue weighted by Crippen LogP contribution is -2.29. The summed E-state index contributed by atoms with van der Waals surface area (Å²) >= 11 is 0. The SMILES string of the molecule is CN(CCCCc1ccccc1)C(=O)CC(=O)O. The van der Waals surface area contributed by atoms with Crippen LogP contribution in [0.3, 0.4) is 0 Å². The van der Waals surface area contributed by atoms with Crippen molar-refractivity contribution >= 4 is 11.9 Å². The average molecular weight is 249 g/mol. The van der Waals surface area contributed by atoms with Crippen LogP contribution >= 0.6 is 0 Å². The first-order chi connectivity index (χ1) is 8.59. The van der Waals surface area contributed by atoms with E-state index in [9.17, 15) is 9.59 Å². The Morgan fingerprint density at radius 3 is 2.44 bits per heavy atom. The van der Waals surface area contributed by atoms with Gasteiger partial charge in [-0.25, -0.2) is 0 Å². The lowest BCUT2D eigenvalue weighted by Gasteiger charge is -2.15. The van der Waals surface area contributed by atoms with Crippen LogP contribution in [0.5, 0.6) is 0 Å². The molecule has 18 heavy (non-hydrogen) atoms. The maximum absolute atomic E-state index is 11.4. The molecule has 1 rings (SSSR count). The van der Waals surface area contributed by atoms with Crippen LogP contribution in [0.2, 0.25) is 0 Å². The van der Waals surface area contributed by atoms with Crippen LogP contribution in [0.1, 0.15) is 24.8 Å². The number of amides is 1. The number of benzene rings is 1. The van der Waals surface area contributed by atoms with E-state index in [0.29, 0.717) is 6.54 Å². The lowest BCUT2D eigenvalue weighted by molar-refractivity contribution is -0.143. The molecule has 0 aliphatic carbocycles. The molecule has 0 bridgehead atoms. The van der Waals surface area contributed by atoms with Crippen LogP contribution in [0.25, 0.3) is 0 Å². The number of aliphatic carboxylic acids is 1. The third-order valence-corrected chi connectivity index (χ3v) is 2.78. The normalized spacial score (nSPS) is 10.1. The number of carboxylic acids is 1. The fourth-order valence-electron chi connectivity index (χ4n) is 1.71. The number of hydrogen-bond acceptors (Lipinski definition) is 2. The predicted octanol–water partition coefficient (Wildman–Crippen LogP) is 1.94. The summed E-state index contributed by atoms with van der Waals surface area (Å²) in [6, 6.07) is 10.2. The summed E-state index contributed by atoms with van der Waals surface area (Å²) in [7, 11) is 1.65. The molecular formula is C14H19NO3. The molecule has 0 unspecified atom stereocenters. The summed E-state index contributed by atoms with van der Waals surface area (Å²) in [5, 5.41) is 8.51. The van der Waals surface area contributed by atoms with E-state index in [1.807, 2.05) is 18.2 Å². The molecular weight excluding hydrogens is 230 g/mol. The molecule has 0 atom stereocenters. The minimum atomic E-state index is -1.07. The molecule has 0 aromatic heterocycles. The van der Waals surface area contributed by atoms with Crippen LogP contribution in [0.15, 0.2) is 30.3 Å². The molecule has 0 aliphatic rings. The molecule has 1 amide bonds. The van der Waals surface area contributed by atoms with Gasteiger partial charge in [-0.05, 0) is 24.8 Å². The zero-order valence-electron chi connectivity index (χ0n) is 10.6. The van der Waals surface area contributed by atoms with E-state index < -0.39 is 12.4 Å². The van der Waals surface area contributed by atoms with E-state index >= 15 is 0 Å². The lowest BCUT2D eigenvalue weighted by atomic mass is 10.1. The van der Waals surface area contributed by atoms with Gasteiger partial charge < -0.3 is 10.0 Å².